The number of carbonyl (C=O) groups excluding carboxylic acids is 2. The Balaban J connectivity index is 1.67. The number of para-hydroxylation sites is 1. The summed E-state index contributed by atoms with van der Waals surface area (Å²) < 4.78 is 18.2. The van der Waals surface area contributed by atoms with Crippen LogP contribution in [0.5, 0.6) is 5.75 Å². The Morgan fingerprint density at radius 2 is 1.61 bits per heavy atom. The summed E-state index contributed by atoms with van der Waals surface area (Å²) in [6.45, 7) is 0.260. The predicted octanol–water partition coefficient (Wildman–Crippen LogP) is 3.41. The Morgan fingerprint density at radius 3 is 2.32 bits per heavy atom. The largest absolute Gasteiger partial charge is 0.496 e. The van der Waals surface area contributed by atoms with Gasteiger partial charge < -0.3 is 15.4 Å². The number of halogens is 1. The Bertz CT molecular complexity index is 990. The molecule has 0 fully saturated rings. The number of rotatable bonds is 6. The lowest BCUT2D eigenvalue weighted by Gasteiger charge is -2.10. The number of hydrogen-bond acceptors (Lipinski definition) is 4. The van der Waals surface area contributed by atoms with Crippen LogP contribution in [0.15, 0.2) is 66.7 Å². The van der Waals surface area contributed by atoms with Crippen LogP contribution in [-0.4, -0.2) is 23.9 Å². The number of nitrogens with one attached hydrogen (secondary N) is 2. The van der Waals surface area contributed by atoms with E-state index >= 15 is 0 Å². The highest BCUT2D eigenvalue weighted by Gasteiger charge is 2.13. The fourth-order valence-corrected chi connectivity index (χ4v) is 2.53. The van der Waals surface area contributed by atoms with E-state index in [1.54, 1.807) is 19.2 Å². The quantitative estimate of drug-likeness (QED) is 0.688. The number of nitrogens with zero attached hydrogens (tertiary/aromatic N) is 1. The first-order chi connectivity index (χ1) is 13.6. The molecular weight excluding hydrogens is 361 g/mol. The molecule has 1 heterocycles. The van der Waals surface area contributed by atoms with Crippen LogP contribution in [0.4, 0.5) is 10.1 Å². The molecule has 0 aliphatic rings. The van der Waals surface area contributed by atoms with E-state index in [1.165, 1.54) is 36.4 Å². The Hall–Kier alpha value is -3.74. The highest BCUT2D eigenvalue weighted by Crippen LogP contribution is 2.17. The summed E-state index contributed by atoms with van der Waals surface area (Å²) in [5.74, 6) is -0.638. The van der Waals surface area contributed by atoms with Crippen LogP contribution in [0.1, 0.15) is 26.5 Å². The SMILES string of the molecule is COc1ccccc1CNC(=O)c1cccc(C(=O)Nc2ccc(F)cc2)n1. The summed E-state index contributed by atoms with van der Waals surface area (Å²) >= 11 is 0. The molecule has 0 atom stereocenters. The molecule has 6 nitrogen and oxygen atoms in total. The van der Waals surface area contributed by atoms with E-state index in [1.807, 2.05) is 18.2 Å². The van der Waals surface area contributed by atoms with Crippen molar-refractivity contribution in [1.29, 1.82) is 0 Å². The number of amides is 2. The first-order valence-corrected chi connectivity index (χ1v) is 8.51. The van der Waals surface area contributed by atoms with Crippen LogP contribution >= 0.6 is 0 Å². The van der Waals surface area contributed by atoms with Crippen molar-refractivity contribution in [3.63, 3.8) is 0 Å². The Morgan fingerprint density at radius 1 is 0.929 bits per heavy atom. The van der Waals surface area contributed by atoms with Gasteiger partial charge in [-0.1, -0.05) is 24.3 Å². The van der Waals surface area contributed by atoms with Gasteiger partial charge in [0.1, 0.15) is 23.0 Å². The van der Waals surface area contributed by atoms with Crippen molar-refractivity contribution in [2.75, 3.05) is 12.4 Å². The molecule has 1 aromatic heterocycles. The lowest BCUT2D eigenvalue weighted by Crippen LogP contribution is -2.25. The first-order valence-electron chi connectivity index (χ1n) is 8.51. The van der Waals surface area contributed by atoms with Crippen LogP contribution in [0.3, 0.4) is 0 Å². The van der Waals surface area contributed by atoms with E-state index in [4.69, 9.17) is 4.74 Å². The van der Waals surface area contributed by atoms with Crippen LogP contribution in [-0.2, 0) is 6.54 Å². The van der Waals surface area contributed by atoms with E-state index in [0.29, 0.717) is 11.4 Å². The number of carbonyl (C=O) groups is 2. The minimum atomic E-state index is -0.494. The number of benzene rings is 2. The molecule has 0 aliphatic heterocycles. The number of methoxy groups -OCH3 is 1. The molecule has 28 heavy (non-hydrogen) atoms. The van der Waals surface area contributed by atoms with Gasteiger partial charge >= 0.3 is 0 Å². The summed E-state index contributed by atoms with van der Waals surface area (Å²) in [5.41, 5.74) is 1.44. The van der Waals surface area contributed by atoms with E-state index < -0.39 is 17.6 Å². The Labute approximate surface area is 161 Å². The molecule has 2 amide bonds. The monoisotopic (exact) mass is 379 g/mol. The maximum absolute atomic E-state index is 13.0. The molecule has 142 valence electrons. The van der Waals surface area contributed by atoms with Gasteiger partial charge in [0.2, 0.25) is 0 Å². The van der Waals surface area contributed by atoms with Gasteiger partial charge in [0, 0.05) is 17.8 Å². The standard InChI is InChI=1S/C21H18FN3O3/c1-28-19-8-3-2-5-14(19)13-23-20(26)17-6-4-7-18(25-17)21(27)24-16-11-9-15(22)10-12-16/h2-12H,13H2,1H3,(H,23,26)(H,24,27). The third-order valence-electron chi connectivity index (χ3n) is 3.95. The molecule has 0 aliphatic carbocycles. The molecule has 3 aromatic rings. The molecule has 0 radical (unpaired) electrons. The third kappa shape index (κ3) is 4.70. The molecule has 0 saturated heterocycles. The molecule has 0 spiro atoms. The molecule has 7 heteroatoms. The summed E-state index contributed by atoms with van der Waals surface area (Å²) in [6.07, 6.45) is 0. The smallest absolute Gasteiger partial charge is 0.274 e. The topological polar surface area (TPSA) is 80.3 Å². The minimum absolute atomic E-state index is 0.0780. The number of aromatic nitrogens is 1. The van der Waals surface area contributed by atoms with E-state index in [9.17, 15) is 14.0 Å². The van der Waals surface area contributed by atoms with Gasteiger partial charge in [-0.3, -0.25) is 9.59 Å². The average molecular weight is 379 g/mol. The van der Waals surface area contributed by atoms with E-state index in [0.717, 1.165) is 5.56 Å². The third-order valence-corrected chi connectivity index (χ3v) is 3.95. The van der Waals surface area contributed by atoms with Crippen molar-refractivity contribution in [3.05, 3.63) is 89.5 Å². The van der Waals surface area contributed by atoms with Gasteiger partial charge in [0.25, 0.3) is 11.8 Å². The summed E-state index contributed by atoms with van der Waals surface area (Å²) in [4.78, 5) is 28.8. The van der Waals surface area contributed by atoms with Crippen LogP contribution in [0, 0.1) is 5.82 Å². The van der Waals surface area contributed by atoms with Gasteiger partial charge in [-0.15, -0.1) is 0 Å². The number of ether oxygens (including phenoxy) is 1. The number of anilines is 1. The number of hydrogen-bond donors (Lipinski definition) is 2. The van der Waals surface area contributed by atoms with Crippen molar-refractivity contribution < 1.29 is 18.7 Å². The van der Waals surface area contributed by atoms with Gasteiger partial charge in [-0.05, 0) is 42.5 Å². The fourth-order valence-electron chi connectivity index (χ4n) is 2.53. The number of pyridine rings is 1. The van der Waals surface area contributed by atoms with Crippen molar-refractivity contribution in [2.24, 2.45) is 0 Å². The second-order valence-electron chi connectivity index (χ2n) is 5.86. The van der Waals surface area contributed by atoms with E-state index in [-0.39, 0.29) is 17.9 Å². The van der Waals surface area contributed by atoms with Crippen molar-refractivity contribution in [3.8, 4) is 5.75 Å². The maximum Gasteiger partial charge on any atom is 0.274 e. The van der Waals surface area contributed by atoms with Gasteiger partial charge in [-0.2, -0.15) is 0 Å². The molecule has 0 unspecified atom stereocenters. The normalized spacial score (nSPS) is 10.2. The molecule has 3 rings (SSSR count). The zero-order chi connectivity index (χ0) is 19.9. The summed E-state index contributed by atoms with van der Waals surface area (Å²) in [7, 11) is 1.56. The highest BCUT2D eigenvalue weighted by molar-refractivity contribution is 6.03. The van der Waals surface area contributed by atoms with E-state index in [2.05, 4.69) is 15.6 Å². The van der Waals surface area contributed by atoms with Crippen molar-refractivity contribution in [2.45, 2.75) is 6.54 Å². The molecule has 0 saturated carbocycles. The summed E-state index contributed by atoms with van der Waals surface area (Å²) in [5, 5.41) is 5.37. The molecule has 2 aromatic carbocycles. The average Bonchev–Trinajstić information content (AvgIpc) is 2.74. The van der Waals surface area contributed by atoms with Crippen LogP contribution < -0.4 is 15.4 Å². The second kappa shape index (κ2) is 8.77. The Kier molecular flexibility index (Phi) is 5.96. The van der Waals surface area contributed by atoms with Crippen molar-refractivity contribution >= 4 is 17.5 Å². The van der Waals surface area contributed by atoms with Crippen LogP contribution in [0.25, 0.3) is 0 Å². The highest BCUT2D eigenvalue weighted by atomic mass is 19.1. The summed E-state index contributed by atoms with van der Waals surface area (Å²) in [6, 6.07) is 17.3. The first kappa shape index (κ1) is 19.0. The molecular formula is C21H18FN3O3. The van der Waals surface area contributed by atoms with Gasteiger partial charge in [0.05, 0.1) is 7.11 Å². The predicted molar refractivity (Wildman–Crippen MR) is 103 cm³/mol. The zero-order valence-electron chi connectivity index (χ0n) is 15.1. The lowest BCUT2D eigenvalue weighted by atomic mass is 10.2. The lowest BCUT2D eigenvalue weighted by molar-refractivity contribution is 0.0945. The molecule has 0 bridgehead atoms. The maximum atomic E-state index is 13.0. The van der Waals surface area contributed by atoms with Gasteiger partial charge in [-0.25, -0.2) is 9.37 Å². The van der Waals surface area contributed by atoms with Crippen LogP contribution in [0.2, 0.25) is 0 Å². The van der Waals surface area contributed by atoms with Gasteiger partial charge in [0.15, 0.2) is 0 Å². The second-order valence-corrected chi connectivity index (χ2v) is 5.86. The zero-order valence-corrected chi connectivity index (χ0v) is 15.1. The molecule has 2 N–H and O–H groups in total. The minimum Gasteiger partial charge on any atom is -0.496 e. The van der Waals surface area contributed by atoms with Crippen molar-refractivity contribution in [1.82, 2.24) is 10.3 Å². The fraction of sp³-hybridized carbons (Fsp3) is 0.0952.